The number of amides is 2. The van der Waals surface area contributed by atoms with E-state index in [-0.39, 0.29) is 35.7 Å². The molecule has 4 saturated carbocycles. The number of rotatable bonds is 6. The van der Waals surface area contributed by atoms with Crippen LogP contribution in [-0.4, -0.2) is 57.3 Å². The van der Waals surface area contributed by atoms with E-state index in [0.717, 1.165) is 25.7 Å². The van der Waals surface area contributed by atoms with E-state index in [1.807, 2.05) is 0 Å². The first-order chi connectivity index (χ1) is 15.7. The Balaban J connectivity index is 1.14. The summed E-state index contributed by atoms with van der Waals surface area (Å²) in [5.74, 6) is 1.35. The van der Waals surface area contributed by atoms with Crippen LogP contribution in [0.2, 0.25) is 0 Å². The molecule has 9 nitrogen and oxygen atoms in total. The molecule has 1 spiro atoms. The van der Waals surface area contributed by atoms with Crippen LogP contribution >= 0.6 is 0 Å². The summed E-state index contributed by atoms with van der Waals surface area (Å²) in [6.45, 7) is 0.472. The number of carbonyl (C=O) groups is 2. The Labute approximate surface area is 193 Å². The number of benzene rings is 1. The molecule has 4 aliphatic carbocycles. The lowest BCUT2D eigenvalue weighted by atomic mass is 9.36. The highest BCUT2D eigenvalue weighted by Gasteiger charge is 2.82. The highest BCUT2D eigenvalue weighted by atomic mass is 32.2. The van der Waals surface area contributed by atoms with Crippen molar-refractivity contribution < 1.29 is 22.7 Å². The molecule has 1 heterocycles. The van der Waals surface area contributed by atoms with Gasteiger partial charge < -0.3 is 15.8 Å². The molecular weight excluding hydrogens is 444 g/mol. The van der Waals surface area contributed by atoms with Crippen molar-refractivity contribution in [2.75, 3.05) is 31.0 Å². The number of hydrogen-bond donors (Lipinski definition) is 2. The second kappa shape index (κ2) is 6.85. The van der Waals surface area contributed by atoms with Crippen LogP contribution in [-0.2, 0) is 19.8 Å². The Morgan fingerprint density at radius 3 is 2.82 bits per heavy atom. The van der Waals surface area contributed by atoms with Crippen molar-refractivity contribution in [3.05, 3.63) is 24.3 Å². The van der Waals surface area contributed by atoms with E-state index in [4.69, 9.17) is 10.5 Å². The van der Waals surface area contributed by atoms with E-state index >= 15 is 0 Å². The molecule has 2 amide bonds. The summed E-state index contributed by atoms with van der Waals surface area (Å²) in [7, 11) is -2.29. The highest BCUT2D eigenvalue weighted by Crippen LogP contribution is 2.84. The van der Waals surface area contributed by atoms with Crippen molar-refractivity contribution >= 4 is 27.7 Å². The summed E-state index contributed by atoms with van der Waals surface area (Å²) >= 11 is 0. The lowest BCUT2D eigenvalue weighted by molar-refractivity contribution is -0.205. The molecule has 1 aromatic rings. The Morgan fingerprint density at radius 1 is 1.24 bits per heavy atom. The molecule has 1 saturated heterocycles. The molecule has 6 rings (SSSR count). The van der Waals surface area contributed by atoms with Crippen molar-refractivity contribution in [1.82, 2.24) is 9.62 Å². The predicted molar refractivity (Wildman–Crippen MR) is 120 cm³/mol. The van der Waals surface area contributed by atoms with Gasteiger partial charge in [-0.3, -0.25) is 13.9 Å². The van der Waals surface area contributed by atoms with Gasteiger partial charge in [-0.1, -0.05) is 6.07 Å². The summed E-state index contributed by atoms with van der Waals surface area (Å²) in [5.41, 5.74) is 6.09. The number of nitrogens with zero attached hydrogens (tertiary/aromatic N) is 2. The maximum Gasteiger partial charge on any atom is 0.304 e. The summed E-state index contributed by atoms with van der Waals surface area (Å²) < 4.78 is 34.4. The summed E-state index contributed by atoms with van der Waals surface area (Å²) in [6.07, 6.45) is 4.19. The van der Waals surface area contributed by atoms with Crippen LogP contribution in [0.4, 0.5) is 5.69 Å². The molecule has 1 aliphatic heterocycles. The number of ether oxygens (including phenoxy) is 1. The number of carbonyl (C=O) groups excluding carboxylic acids is 2. The van der Waals surface area contributed by atoms with Crippen LogP contribution in [0.25, 0.3) is 0 Å². The number of primary amides is 1. The first-order valence-corrected chi connectivity index (χ1v) is 13.1. The molecule has 5 aliphatic rings. The van der Waals surface area contributed by atoms with E-state index in [9.17, 15) is 18.0 Å². The van der Waals surface area contributed by atoms with E-state index in [2.05, 4.69) is 5.32 Å². The summed E-state index contributed by atoms with van der Waals surface area (Å²) in [6, 6.07) is 6.96. The Morgan fingerprint density at radius 2 is 2.06 bits per heavy atom. The second-order valence-corrected chi connectivity index (χ2v) is 12.4. The van der Waals surface area contributed by atoms with Crippen LogP contribution in [0.3, 0.4) is 0 Å². The van der Waals surface area contributed by atoms with Gasteiger partial charge in [0.25, 0.3) is 0 Å². The average molecular weight is 475 g/mol. The standard InChI is InChI=1S/C23H30N4O5S/c1-32-16-5-2-4-15(9-16)27-7-3-6-26(33(27,30)31)12-19(28)25-20-17-8-14-10-22(21(24)29)11-18(20)23(14,17)13-22/h2,4-5,9,14,17-18,20H,3,6-8,10-13H2,1H3,(H2,24,29)(H,25,28). The molecule has 178 valence electrons. The number of fused-ring (bicyclic) bond motifs is 1. The van der Waals surface area contributed by atoms with Gasteiger partial charge in [0, 0.05) is 25.2 Å². The van der Waals surface area contributed by atoms with Gasteiger partial charge in [-0.15, -0.1) is 0 Å². The van der Waals surface area contributed by atoms with Crippen LogP contribution in [0.15, 0.2) is 24.3 Å². The smallest absolute Gasteiger partial charge is 0.304 e. The van der Waals surface area contributed by atoms with Crippen LogP contribution in [0.5, 0.6) is 5.75 Å². The first-order valence-electron chi connectivity index (χ1n) is 11.7. The van der Waals surface area contributed by atoms with Crippen LogP contribution in [0, 0.1) is 28.6 Å². The average Bonchev–Trinajstić information content (AvgIpc) is 3.27. The zero-order chi connectivity index (χ0) is 23.2. The largest absolute Gasteiger partial charge is 0.497 e. The van der Waals surface area contributed by atoms with E-state index < -0.39 is 15.6 Å². The van der Waals surface area contributed by atoms with Gasteiger partial charge in [0.1, 0.15) is 5.75 Å². The summed E-state index contributed by atoms with van der Waals surface area (Å²) in [4.78, 5) is 25.1. The third kappa shape index (κ3) is 2.70. The molecule has 33 heavy (non-hydrogen) atoms. The molecule has 3 N–H and O–H groups in total. The molecule has 5 fully saturated rings. The molecule has 0 aromatic heterocycles. The van der Waals surface area contributed by atoms with Crippen molar-refractivity contribution in [2.24, 2.45) is 34.3 Å². The van der Waals surface area contributed by atoms with Gasteiger partial charge in [0.2, 0.25) is 11.8 Å². The van der Waals surface area contributed by atoms with Gasteiger partial charge in [-0.05, 0) is 67.4 Å². The molecule has 0 radical (unpaired) electrons. The Kier molecular flexibility index (Phi) is 4.40. The van der Waals surface area contributed by atoms with Crippen molar-refractivity contribution in [3.8, 4) is 5.75 Å². The topological polar surface area (TPSA) is 122 Å². The third-order valence-electron chi connectivity index (χ3n) is 9.32. The minimum Gasteiger partial charge on any atom is -0.497 e. The van der Waals surface area contributed by atoms with Gasteiger partial charge in [0.05, 0.1) is 24.8 Å². The minimum atomic E-state index is -3.82. The predicted octanol–water partition coefficient (Wildman–Crippen LogP) is 0.858. The number of methoxy groups -OCH3 is 1. The maximum atomic E-state index is 13.3. The lowest BCUT2D eigenvalue weighted by Gasteiger charge is -2.70. The van der Waals surface area contributed by atoms with E-state index in [1.54, 1.807) is 24.3 Å². The van der Waals surface area contributed by atoms with Crippen LogP contribution < -0.4 is 20.1 Å². The van der Waals surface area contributed by atoms with E-state index in [0.29, 0.717) is 42.8 Å². The number of nitrogens with two attached hydrogens (primary N) is 1. The quantitative estimate of drug-likeness (QED) is 0.633. The SMILES string of the molecule is COc1cccc(N2CCCN(CC(=O)NC3C4CC5CC6(C(N)=O)CC3C54C6)S2(=O)=O)c1. The molecule has 6 atom stereocenters. The maximum absolute atomic E-state index is 13.3. The lowest BCUT2D eigenvalue weighted by Crippen LogP contribution is -2.73. The molecule has 2 bridgehead atoms. The van der Waals surface area contributed by atoms with Gasteiger partial charge >= 0.3 is 10.2 Å². The van der Waals surface area contributed by atoms with Crippen molar-refractivity contribution in [3.63, 3.8) is 0 Å². The second-order valence-electron chi connectivity index (χ2n) is 10.5. The molecular formula is C23H30N4O5S. The monoisotopic (exact) mass is 474 g/mol. The molecule has 10 heteroatoms. The summed E-state index contributed by atoms with van der Waals surface area (Å²) in [5, 5.41) is 3.13. The number of anilines is 1. The zero-order valence-electron chi connectivity index (χ0n) is 18.7. The fourth-order valence-corrected chi connectivity index (χ4v) is 9.63. The van der Waals surface area contributed by atoms with Crippen molar-refractivity contribution in [2.45, 2.75) is 38.1 Å². The molecule has 1 aromatic carbocycles. The highest BCUT2D eigenvalue weighted by molar-refractivity contribution is 7.90. The van der Waals surface area contributed by atoms with Gasteiger partial charge in [-0.2, -0.15) is 12.7 Å². The normalized spacial score (nSPS) is 39.8. The number of hydrogen-bond acceptors (Lipinski definition) is 5. The van der Waals surface area contributed by atoms with Crippen molar-refractivity contribution in [1.29, 1.82) is 0 Å². The number of nitrogens with one attached hydrogen (secondary N) is 1. The van der Waals surface area contributed by atoms with Crippen LogP contribution in [0.1, 0.15) is 32.1 Å². The first kappa shape index (κ1) is 21.2. The minimum absolute atomic E-state index is 0.0252. The fourth-order valence-electron chi connectivity index (χ4n) is 7.98. The third-order valence-corrected chi connectivity index (χ3v) is 11.2. The van der Waals surface area contributed by atoms with Gasteiger partial charge in [0.15, 0.2) is 0 Å². The zero-order valence-corrected chi connectivity index (χ0v) is 19.5. The fraction of sp³-hybridized carbons (Fsp3) is 0.652. The Hall–Kier alpha value is -2.33. The van der Waals surface area contributed by atoms with E-state index in [1.165, 1.54) is 15.7 Å². The molecule has 6 unspecified atom stereocenters. The van der Waals surface area contributed by atoms with Gasteiger partial charge in [-0.25, -0.2) is 0 Å². The Bertz CT molecular complexity index is 1140.